The van der Waals surface area contributed by atoms with Crippen molar-refractivity contribution in [2.75, 3.05) is 7.11 Å². The van der Waals surface area contributed by atoms with Crippen LogP contribution in [-0.2, 0) is 11.3 Å². The van der Waals surface area contributed by atoms with E-state index >= 15 is 0 Å². The van der Waals surface area contributed by atoms with E-state index in [1.807, 2.05) is 6.26 Å². The maximum Gasteiger partial charge on any atom is 0.117 e. The summed E-state index contributed by atoms with van der Waals surface area (Å²) in [6.07, 6.45) is 4.63. The van der Waals surface area contributed by atoms with Crippen molar-refractivity contribution in [2.24, 2.45) is 0 Å². The lowest BCUT2D eigenvalue weighted by Crippen LogP contribution is -2.28. The van der Waals surface area contributed by atoms with Crippen LogP contribution in [0.25, 0.3) is 0 Å². The van der Waals surface area contributed by atoms with Crippen LogP contribution in [0.15, 0.2) is 16.7 Å². The van der Waals surface area contributed by atoms with Gasteiger partial charge >= 0.3 is 0 Å². The zero-order valence-electron chi connectivity index (χ0n) is 8.08. The van der Waals surface area contributed by atoms with Gasteiger partial charge in [-0.05, 0) is 6.07 Å². The van der Waals surface area contributed by atoms with Crippen molar-refractivity contribution in [3.8, 4) is 0 Å². The molecule has 1 aliphatic heterocycles. The van der Waals surface area contributed by atoms with Crippen LogP contribution < -0.4 is 5.38 Å². The molecule has 2 heterocycles. The Kier molecular flexibility index (Phi) is 2.86. The lowest BCUT2D eigenvalue weighted by atomic mass is 10.4. The fraction of sp³-hybridized carbons (Fsp3) is 0.600. The van der Waals surface area contributed by atoms with Crippen molar-refractivity contribution >= 4 is 14.2 Å². The van der Waals surface area contributed by atoms with E-state index in [2.05, 4.69) is 6.07 Å². The van der Waals surface area contributed by atoms with Gasteiger partial charge in [-0.2, -0.15) is 0 Å². The molecule has 0 bridgehead atoms. The van der Waals surface area contributed by atoms with E-state index < -0.39 is 8.80 Å². The highest BCUT2D eigenvalue weighted by atomic mass is 28.3. The van der Waals surface area contributed by atoms with Gasteiger partial charge in [-0.15, -0.1) is 0 Å². The minimum absolute atomic E-state index is 0.708. The summed E-state index contributed by atoms with van der Waals surface area (Å²) in [7, 11) is 1.03. The molecule has 1 saturated heterocycles. The zero-order chi connectivity index (χ0) is 9.10. The first-order valence-corrected chi connectivity index (χ1v) is 7.18. The van der Waals surface area contributed by atoms with Crippen LogP contribution in [-0.4, -0.2) is 15.9 Å². The highest BCUT2D eigenvalue weighted by Crippen LogP contribution is 2.20. The molecule has 0 aromatic carbocycles. The molecule has 0 atom stereocenters. The predicted molar refractivity (Wildman–Crippen MR) is 55.1 cm³/mol. The van der Waals surface area contributed by atoms with E-state index in [0.29, 0.717) is 0 Å². The average molecular weight is 196 g/mol. The van der Waals surface area contributed by atoms with E-state index in [1.54, 1.807) is 7.11 Å². The smallest absolute Gasteiger partial charge is 0.117 e. The van der Waals surface area contributed by atoms with E-state index in [0.717, 1.165) is 6.61 Å². The first kappa shape index (κ1) is 9.03. The molecule has 1 aliphatic rings. The lowest BCUT2D eigenvalue weighted by molar-refractivity contribution is 0.185. The van der Waals surface area contributed by atoms with E-state index in [1.165, 1.54) is 35.9 Å². The van der Waals surface area contributed by atoms with Crippen molar-refractivity contribution in [1.29, 1.82) is 0 Å². The van der Waals surface area contributed by atoms with Crippen LogP contribution in [0.4, 0.5) is 0 Å². The summed E-state index contributed by atoms with van der Waals surface area (Å²) in [5.74, 6) is 0. The fourth-order valence-corrected chi connectivity index (χ4v) is 5.52. The Hall–Kier alpha value is -0.543. The third-order valence-corrected chi connectivity index (χ3v) is 6.27. The number of hydrogen-bond donors (Lipinski definition) is 0. The topological polar surface area (TPSA) is 22.4 Å². The molecule has 1 aromatic rings. The molecular formula is C10H16O2Si. The zero-order valence-corrected chi connectivity index (χ0v) is 9.24. The van der Waals surface area contributed by atoms with E-state index in [-0.39, 0.29) is 0 Å². The Labute approximate surface area is 80.5 Å². The van der Waals surface area contributed by atoms with E-state index in [9.17, 15) is 0 Å². The van der Waals surface area contributed by atoms with Crippen LogP contribution >= 0.6 is 0 Å². The van der Waals surface area contributed by atoms with Gasteiger partial charge in [0.05, 0.1) is 18.3 Å². The highest BCUT2D eigenvalue weighted by molar-refractivity contribution is 6.73. The van der Waals surface area contributed by atoms with Gasteiger partial charge in [0.2, 0.25) is 0 Å². The Morgan fingerprint density at radius 3 is 2.92 bits per heavy atom. The number of ether oxygens (including phenoxy) is 1. The van der Waals surface area contributed by atoms with Gasteiger partial charge in [0.1, 0.15) is 8.80 Å². The van der Waals surface area contributed by atoms with Gasteiger partial charge in [-0.1, -0.05) is 24.9 Å². The van der Waals surface area contributed by atoms with Gasteiger partial charge in [0.15, 0.2) is 0 Å². The van der Waals surface area contributed by atoms with Crippen molar-refractivity contribution in [3.05, 3.63) is 17.9 Å². The number of rotatable bonds is 3. The summed E-state index contributed by atoms with van der Waals surface area (Å²) in [6, 6.07) is 4.90. The largest absolute Gasteiger partial charge is 0.474 e. The van der Waals surface area contributed by atoms with Crippen molar-refractivity contribution in [2.45, 2.75) is 31.5 Å². The van der Waals surface area contributed by atoms with Crippen LogP contribution in [0.5, 0.6) is 0 Å². The normalized spacial score (nSPS) is 18.2. The summed E-state index contributed by atoms with van der Waals surface area (Å²) < 4.78 is 10.7. The molecule has 13 heavy (non-hydrogen) atoms. The van der Waals surface area contributed by atoms with Crippen LogP contribution in [0.1, 0.15) is 18.4 Å². The van der Waals surface area contributed by atoms with Crippen LogP contribution in [0.2, 0.25) is 12.1 Å². The average Bonchev–Trinajstić information content (AvgIpc) is 2.71. The van der Waals surface area contributed by atoms with Crippen molar-refractivity contribution < 1.29 is 9.15 Å². The molecule has 2 nitrogen and oxygen atoms in total. The van der Waals surface area contributed by atoms with Crippen molar-refractivity contribution in [1.82, 2.24) is 0 Å². The Bertz CT molecular complexity index is 264. The second-order valence-electron chi connectivity index (χ2n) is 3.72. The highest BCUT2D eigenvalue weighted by Gasteiger charge is 2.24. The van der Waals surface area contributed by atoms with Gasteiger partial charge in [0, 0.05) is 12.7 Å². The van der Waals surface area contributed by atoms with Crippen LogP contribution in [0, 0.1) is 0 Å². The van der Waals surface area contributed by atoms with Crippen LogP contribution in [0.3, 0.4) is 0 Å². The number of furan rings is 1. The Balaban J connectivity index is 2.13. The molecule has 0 saturated carbocycles. The molecule has 0 unspecified atom stereocenters. The molecule has 0 aliphatic carbocycles. The Morgan fingerprint density at radius 2 is 2.23 bits per heavy atom. The first-order chi connectivity index (χ1) is 6.42. The third-order valence-electron chi connectivity index (χ3n) is 2.81. The quantitative estimate of drug-likeness (QED) is 0.686. The summed E-state index contributed by atoms with van der Waals surface area (Å²) in [6.45, 7) is 0.718. The molecule has 72 valence electrons. The van der Waals surface area contributed by atoms with Crippen molar-refractivity contribution in [3.63, 3.8) is 0 Å². The fourth-order valence-electron chi connectivity index (χ4n) is 2.17. The number of methoxy groups -OCH3 is 1. The minimum Gasteiger partial charge on any atom is -0.474 e. The van der Waals surface area contributed by atoms with Gasteiger partial charge in [-0.25, -0.2) is 0 Å². The standard InChI is InChI=1S/C10H16O2Si/c1-11-8-9-4-5-12-10(9)13-6-2-3-7-13/h4-5,13H,2-3,6-8H2,1H3. The second kappa shape index (κ2) is 4.11. The van der Waals surface area contributed by atoms with Gasteiger partial charge < -0.3 is 9.15 Å². The SMILES string of the molecule is COCc1ccoc1[SiH]1CCCC1. The summed E-state index contributed by atoms with van der Waals surface area (Å²) in [4.78, 5) is 0. The molecular weight excluding hydrogens is 180 g/mol. The Morgan fingerprint density at radius 1 is 1.46 bits per heavy atom. The first-order valence-electron chi connectivity index (χ1n) is 4.97. The molecule has 0 amide bonds. The molecule has 0 N–H and O–H groups in total. The second-order valence-corrected chi connectivity index (χ2v) is 6.80. The lowest BCUT2D eigenvalue weighted by Gasteiger charge is -2.06. The maximum absolute atomic E-state index is 5.58. The number of hydrogen-bond acceptors (Lipinski definition) is 2. The van der Waals surface area contributed by atoms with Gasteiger partial charge in [0.25, 0.3) is 0 Å². The third kappa shape index (κ3) is 1.86. The summed E-state index contributed by atoms with van der Waals surface area (Å²) >= 11 is 0. The summed E-state index contributed by atoms with van der Waals surface area (Å²) in [5, 5.41) is 1.30. The molecule has 0 radical (unpaired) electrons. The predicted octanol–water partition coefficient (Wildman–Crippen LogP) is 1.65. The minimum atomic E-state index is -0.708. The molecule has 0 spiro atoms. The maximum atomic E-state index is 5.58. The van der Waals surface area contributed by atoms with Gasteiger partial charge in [-0.3, -0.25) is 0 Å². The molecule has 1 fully saturated rings. The van der Waals surface area contributed by atoms with E-state index in [4.69, 9.17) is 9.15 Å². The molecule has 3 heteroatoms. The molecule has 1 aromatic heterocycles. The summed E-state index contributed by atoms with van der Waals surface area (Å²) in [5.41, 5.74) is 1.29. The monoisotopic (exact) mass is 196 g/mol. The molecule has 2 rings (SSSR count).